The van der Waals surface area contributed by atoms with Gasteiger partial charge in [0.1, 0.15) is 0 Å². The van der Waals surface area contributed by atoms with Crippen molar-refractivity contribution in [1.82, 2.24) is 0 Å². The van der Waals surface area contributed by atoms with Crippen LogP contribution in [0.4, 0.5) is 0 Å². The van der Waals surface area contributed by atoms with E-state index in [4.69, 9.17) is 0 Å². The maximum atomic E-state index is 2.04. The third-order valence-electron chi connectivity index (χ3n) is 0.870. The van der Waals surface area contributed by atoms with E-state index in [-0.39, 0.29) is 42.5 Å². The Labute approximate surface area is 100 Å². The van der Waals surface area contributed by atoms with Crippen LogP contribution >= 0.6 is 11.3 Å². The summed E-state index contributed by atoms with van der Waals surface area (Å²) in [6.45, 7) is 0. The third-order valence-corrected chi connectivity index (χ3v) is 1.50. The SMILES string of the molecule is [Au].[Ir].c1ccccsccc1. The van der Waals surface area contributed by atoms with E-state index in [1.54, 1.807) is 11.3 Å². The molecular weight excluding hydrogens is 517 g/mol. The molecule has 0 saturated heterocycles. The molecule has 0 bridgehead atoms. The number of hydrogen-bond donors (Lipinski definition) is 0. The maximum absolute atomic E-state index is 2.04. The molecule has 0 N–H and O–H groups in total. The van der Waals surface area contributed by atoms with E-state index < -0.39 is 0 Å². The maximum Gasteiger partial charge on any atom is 0 e. The Morgan fingerprint density at radius 3 is 1.45 bits per heavy atom. The molecule has 0 aliphatic heterocycles. The first-order valence-electron chi connectivity index (χ1n) is 2.80. The van der Waals surface area contributed by atoms with E-state index in [2.05, 4.69) is 0 Å². The van der Waals surface area contributed by atoms with Gasteiger partial charge in [-0.25, -0.2) is 0 Å². The molecular formula is C8H8AuIrS. The molecule has 0 aliphatic carbocycles. The van der Waals surface area contributed by atoms with E-state index in [1.807, 2.05) is 47.2 Å². The molecule has 2 radical (unpaired) electrons. The van der Waals surface area contributed by atoms with Gasteiger partial charge in [-0.1, -0.05) is 36.4 Å². The Kier molecular flexibility index (Phi) is 13.6. The zero-order valence-electron chi connectivity index (χ0n) is 5.66. The third kappa shape index (κ3) is 8.48. The van der Waals surface area contributed by atoms with Gasteiger partial charge in [0.05, 0.1) is 0 Å². The fourth-order valence-electron chi connectivity index (χ4n) is 0.483. The molecule has 11 heavy (non-hydrogen) atoms. The van der Waals surface area contributed by atoms with Crippen LogP contribution in [-0.4, -0.2) is 0 Å². The monoisotopic (exact) mass is 526 g/mol. The molecule has 0 aliphatic rings. The Hall–Kier alpha value is 0.570. The summed E-state index contributed by atoms with van der Waals surface area (Å²) in [6.07, 6.45) is 0. The molecule has 1 aromatic rings. The van der Waals surface area contributed by atoms with Crippen molar-refractivity contribution in [3.8, 4) is 0 Å². The van der Waals surface area contributed by atoms with Crippen LogP contribution in [0.15, 0.2) is 47.2 Å². The molecule has 0 spiro atoms. The van der Waals surface area contributed by atoms with E-state index in [0.29, 0.717) is 0 Å². The van der Waals surface area contributed by atoms with Crippen molar-refractivity contribution in [2.45, 2.75) is 0 Å². The van der Waals surface area contributed by atoms with Crippen LogP contribution < -0.4 is 0 Å². The summed E-state index contributed by atoms with van der Waals surface area (Å²) >= 11 is 1.68. The summed E-state index contributed by atoms with van der Waals surface area (Å²) in [7, 11) is 0. The predicted octanol–water partition coefficient (Wildman–Crippen LogP) is 2.87. The number of hydrogen-bond acceptors (Lipinski definition) is 1. The second kappa shape index (κ2) is 10.6. The summed E-state index contributed by atoms with van der Waals surface area (Å²) in [5.41, 5.74) is 0. The van der Waals surface area contributed by atoms with Crippen molar-refractivity contribution in [3.63, 3.8) is 0 Å². The molecule has 0 unspecified atom stereocenters. The Morgan fingerprint density at radius 1 is 0.636 bits per heavy atom. The summed E-state index contributed by atoms with van der Waals surface area (Å²) < 4.78 is 0. The zero-order chi connectivity index (χ0) is 6.36. The first-order chi connectivity index (χ1) is 4.50. The topological polar surface area (TPSA) is 0 Å². The molecule has 0 fully saturated rings. The molecule has 0 nitrogen and oxygen atoms in total. The summed E-state index contributed by atoms with van der Waals surface area (Å²) in [4.78, 5) is 0. The summed E-state index contributed by atoms with van der Waals surface area (Å²) in [5.74, 6) is 0. The molecule has 3 heteroatoms. The Morgan fingerprint density at radius 2 is 1.00 bits per heavy atom. The van der Waals surface area contributed by atoms with Gasteiger partial charge in [-0.15, -0.1) is 0 Å². The largest absolute Gasteiger partial charge is 0.152 e. The minimum Gasteiger partial charge on any atom is -0.152 e. The molecule has 0 aromatic carbocycles. The van der Waals surface area contributed by atoms with Crippen molar-refractivity contribution < 1.29 is 42.5 Å². The van der Waals surface area contributed by atoms with Crippen molar-refractivity contribution in [1.29, 1.82) is 0 Å². The van der Waals surface area contributed by atoms with Crippen molar-refractivity contribution in [2.75, 3.05) is 0 Å². The summed E-state index contributed by atoms with van der Waals surface area (Å²) in [6, 6.07) is 12.1. The molecule has 0 amide bonds. The van der Waals surface area contributed by atoms with Gasteiger partial charge in [-0.05, 0) is 10.8 Å². The Bertz CT molecular complexity index is 136. The van der Waals surface area contributed by atoms with Crippen LogP contribution in [0, 0.1) is 0 Å². The van der Waals surface area contributed by atoms with Gasteiger partial charge in [-0.2, -0.15) is 11.3 Å². The van der Waals surface area contributed by atoms with E-state index in [1.165, 1.54) is 0 Å². The first-order valence-corrected chi connectivity index (χ1v) is 3.75. The minimum absolute atomic E-state index is 0. The zero-order valence-corrected chi connectivity index (χ0v) is 11.0. The van der Waals surface area contributed by atoms with Crippen molar-refractivity contribution in [3.05, 3.63) is 47.2 Å². The van der Waals surface area contributed by atoms with Crippen LogP contribution in [0.3, 0.4) is 0 Å². The van der Waals surface area contributed by atoms with Gasteiger partial charge in [0.2, 0.25) is 0 Å². The minimum atomic E-state index is 0. The van der Waals surface area contributed by atoms with Gasteiger partial charge in [0, 0.05) is 42.5 Å². The van der Waals surface area contributed by atoms with E-state index >= 15 is 0 Å². The van der Waals surface area contributed by atoms with E-state index in [9.17, 15) is 0 Å². The normalized spacial score (nSPS) is 6.55. The van der Waals surface area contributed by atoms with Crippen LogP contribution in [0.25, 0.3) is 0 Å². The standard InChI is InChI=1S/C8H8S.Au.Ir/c1-2-4-6-8-9-7-5-3-1;;/h1-8H;;. The molecule has 66 valence electrons. The fraction of sp³-hybridized carbons (Fsp3) is 0. The molecule has 1 rings (SSSR count). The van der Waals surface area contributed by atoms with E-state index in [0.717, 1.165) is 0 Å². The van der Waals surface area contributed by atoms with Crippen molar-refractivity contribution >= 4 is 11.3 Å². The second-order valence-electron chi connectivity index (χ2n) is 1.56. The van der Waals surface area contributed by atoms with Gasteiger partial charge in [0.15, 0.2) is 0 Å². The average Bonchev–Trinajstić information content (AvgIpc) is 2.00. The Balaban J connectivity index is 0. The second-order valence-corrected chi connectivity index (χ2v) is 2.38. The van der Waals surface area contributed by atoms with Crippen molar-refractivity contribution in [2.24, 2.45) is 0 Å². The quantitative estimate of drug-likeness (QED) is 0.458. The smallest absolute Gasteiger partial charge is 0 e. The molecule has 0 saturated carbocycles. The molecule has 1 heterocycles. The summed E-state index contributed by atoms with van der Waals surface area (Å²) in [5, 5.41) is 4.08. The van der Waals surface area contributed by atoms with Crippen LogP contribution in [0.1, 0.15) is 0 Å². The molecule has 1 aromatic heterocycles. The van der Waals surface area contributed by atoms with Crippen LogP contribution in [-0.2, 0) is 42.5 Å². The fourth-order valence-corrected chi connectivity index (χ4v) is 0.937. The average molecular weight is 525 g/mol. The molecule has 0 atom stereocenters. The number of rotatable bonds is 0. The van der Waals surface area contributed by atoms with Crippen LogP contribution in [0.2, 0.25) is 0 Å². The van der Waals surface area contributed by atoms with Gasteiger partial charge in [-0.3, -0.25) is 0 Å². The van der Waals surface area contributed by atoms with Gasteiger partial charge in [0.25, 0.3) is 0 Å². The van der Waals surface area contributed by atoms with Crippen LogP contribution in [0.5, 0.6) is 0 Å². The van der Waals surface area contributed by atoms with Gasteiger partial charge >= 0.3 is 0 Å². The predicted molar refractivity (Wildman–Crippen MR) is 41.9 cm³/mol. The van der Waals surface area contributed by atoms with Gasteiger partial charge < -0.3 is 0 Å². The first kappa shape index (κ1) is 14.1.